The lowest BCUT2D eigenvalue weighted by Crippen LogP contribution is -2.20. The third kappa shape index (κ3) is 3.32. The molecule has 0 saturated heterocycles. The van der Waals surface area contributed by atoms with Gasteiger partial charge in [0.1, 0.15) is 18.0 Å². The predicted molar refractivity (Wildman–Crippen MR) is 68.4 cm³/mol. The van der Waals surface area contributed by atoms with Crippen molar-refractivity contribution < 1.29 is 8.78 Å². The zero-order valence-corrected chi connectivity index (χ0v) is 10.8. The summed E-state index contributed by atoms with van der Waals surface area (Å²) < 4.78 is 27.2. The van der Waals surface area contributed by atoms with Crippen molar-refractivity contribution in [1.29, 1.82) is 0 Å². The number of aromatic nitrogens is 2. The Labute approximate surface area is 110 Å². The Bertz CT molecular complexity index is 558. The highest BCUT2D eigenvalue weighted by Crippen LogP contribution is 2.20. The zero-order valence-electron chi connectivity index (χ0n) is 10.8. The molecule has 0 saturated carbocycles. The number of hydrogen-bond donors (Lipinski definition) is 1. The van der Waals surface area contributed by atoms with Gasteiger partial charge in [0.2, 0.25) is 0 Å². The molecule has 1 aromatic heterocycles. The Morgan fingerprint density at radius 1 is 1.26 bits per heavy atom. The first-order valence-corrected chi connectivity index (χ1v) is 6.01. The van der Waals surface area contributed by atoms with Crippen LogP contribution in [0.3, 0.4) is 0 Å². The largest absolute Gasteiger partial charge is 0.304 e. The van der Waals surface area contributed by atoms with Crippen LogP contribution in [0.4, 0.5) is 8.78 Å². The first kappa shape index (κ1) is 13.5. The number of rotatable bonds is 4. The van der Waals surface area contributed by atoms with Crippen LogP contribution in [0.1, 0.15) is 29.8 Å². The third-order valence-electron chi connectivity index (χ3n) is 2.98. The molecule has 0 radical (unpaired) electrons. The van der Waals surface area contributed by atoms with Crippen molar-refractivity contribution >= 4 is 0 Å². The average Bonchev–Trinajstić information content (AvgIpc) is 2.41. The first-order valence-electron chi connectivity index (χ1n) is 6.01. The summed E-state index contributed by atoms with van der Waals surface area (Å²) in [5.41, 5.74) is 1.43. The highest BCUT2D eigenvalue weighted by Gasteiger charge is 2.13. The van der Waals surface area contributed by atoms with E-state index < -0.39 is 11.6 Å². The van der Waals surface area contributed by atoms with Gasteiger partial charge in [0.25, 0.3) is 0 Å². The summed E-state index contributed by atoms with van der Waals surface area (Å²) in [6.07, 6.45) is 3.09. The van der Waals surface area contributed by atoms with E-state index >= 15 is 0 Å². The van der Waals surface area contributed by atoms with E-state index in [9.17, 15) is 8.78 Å². The number of aryl methyl sites for hydroxylation is 1. The topological polar surface area (TPSA) is 37.8 Å². The van der Waals surface area contributed by atoms with Gasteiger partial charge in [-0.2, -0.15) is 0 Å². The molecular formula is C14H15F2N3. The van der Waals surface area contributed by atoms with Gasteiger partial charge in [-0.3, -0.25) is 0 Å². The third-order valence-corrected chi connectivity index (χ3v) is 2.98. The summed E-state index contributed by atoms with van der Waals surface area (Å²) in [7, 11) is 0. The number of nitrogens with one attached hydrogen (secondary N) is 1. The van der Waals surface area contributed by atoms with E-state index in [0.29, 0.717) is 17.7 Å². The van der Waals surface area contributed by atoms with E-state index in [4.69, 9.17) is 0 Å². The van der Waals surface area contributed by atoms with Gasteiger partial charge in [0, 0.05) is 24.3 Å². The maximum Gasteiger partial charge on any atom is 0.128 e. The van der Waals surface area contributed by atoms with E-state index in [2.05, 4.69) is 15.3 Å². The Kier molecular flexibility index (Phi) is 4.16. The summed E-state index contributed by atoms with van der Waals surface area (Å²) in [6, 6.07) is 3.92. The van der Waals surface area contributed by atoms with E-state index in [1.807, 2.05) is 0 Å². The Hall–Kier alpha value is -1.88. The molecule has 2 aromatic rings. The lowest BCUT2D eigenvalue weighted by molar-refractivity contribution is 0.513. The molecule has 0 spiro atoms. The standard InChI is InChI=1S/C14H15F2N3/c1-9-5-14(16)12(6-13(9)15)10(2)18-7-11-3-4-17-8-19-11/h3-6,8,10,18H,7H2,1-2H3. The molecule has 0 bridgehead atoms. The van der Waals surface area contributed by atoms with Crippen LogP contribution >= 0.6 is 0 Å². The van der Waals surface area contributed by atoms with Crippen molar-refractivity contribution in [2.24, 2.45) is 0 Å². The summed E-state index contributed by atoms with van der Waals surface area (Å²) >= 11 is 0. The van der Waals surface area contributed by atoms with E-state index in [1.165, 1.54) is 18.5 Å². The van der Waals surface area contributed by atoms with Crippen molar-refractivity contribution in [1.82, 2.24) is 15.3 Å². The molecule has 0 aliphatic carbocycles. The summed E-state index contributed by atoms with van der Waals surface area (Å²) in [4.78, 5) is 7.87. The van der Waals surface area contributed by atoms with Crippen LogP contribution in [0.15, 0.2) is 30.7 Å². The fourth-order valence-corrected chi connectivity index (χ4v) is 1.78. The lowest BCUT2D eigenvalue weighted by Gasteiger charge is -2.15. The molecule has 1 unspecified atom stereocenters. The van der Waals surface area contributed by atoms with Crippen LogP contribution in [0.5, 0.6) is 0 Å². The predicted octanol–water partition coefficient (Wildman–Crippen LogP) is 2.91. The average molecular weight is 263 g/mol. The minimum absolute atomic E-state index is 0.301. The molecule has 100 valence electrons. The van der Waals surface area contributed by atoms with Crippen LogP contribution in [0.2, 0.25) is 0 Å². The van der Waals surface area contributed by atoms with E-state index in [0.717, 1.165) is 5.69 Å². The normalized spacial score (nSPS) is 12.4. The van der Waals surface area contributed by atoms with Gasteiger partial charge in [-0.05, 0) is 37.6 Å². The van der Waals surface area contributed by atoms with E-state index in [-0.39, 0.29) is 6.04 Å². The number of halogens is 2. The van der Waals surface area contributed by atoms with Gasteiger partial charge in [-0.25, -0.2) is 18.7 Å². The lowest BCUT2D eigenvalue weighted by atomic mass is 10.0. The molecule has 2 rings (SSSR count). The quantitative estimate of drug-likeness (QED) is 0.921. The maximum absolute atomic E-state index is 13.8. The molecule has 1 atom stereocenters. The molecule has 19 heavy (non-hydrogen) atoms. The molecule has 0 aliphatic rings. The molecule has 1 aromatic carbocycles. The van der Waals surface area contributed by atoms with Crippen molar-refractivity contribution in [3.63, 3.8) is 0 Å². The molecular weight excluding hydrogens is 248 g/mol. The molecule has 1 heterocycles. The minimum Gasteiger partial charge on any atom is -0.304 e. The monoisotopic (exact) mass is 263 g/mol. The summed E-state index contributed by atoms with van der Waals surface area (Å²) in [6.45, 7) is 3.80. The van der Waals surface area contributed by atoms with Crippen LogP contribution in [-0.2, 0) is 6.54 Å². The van der Waals surface area contributed by atoms with Gasteiger partial charge < -0.3 is 5.32 Å². The molecule has 0 aliphatic heterocycles. The number of nitrogens with zero attached hydrogens (tertiary/aromatic N) is 2. The number of hydrogen-bond acceptors (Lipinski definition) is 3. The van der Waals surface area contributed by atoms with Crippen molar-refractivity contribution in [2.45, 2.75) is 26.4 Å². The van der Waals surface area contributed by atoms with Gasteiger partial charge in [-0.1, -0.05) is 0 Å². The van der Waals surface area contributed by atoms with E-state index in [1.54, 1.807) is 26.1 Å². The molecule has 1 N–H and O–H groups in total. The Balaban J connectivity index is 2.08. The minimum atomic E-state index is -0.401. The molecule has 3 nitrogen and oxygen atoms in total. The highest BCUT2D eigenvalue weighted by atomic mass is 19.1. The van der Waals surface area contributed by atoms with Crippen molar-refractivity contribution in [2.75, 3.05) is 0 Å². The van der Waals surface area contributed by atoms with Crippen LogP contribution in [-0.4, -0.2) is 9.97 Å². The fourth-order valence-electron chi connectivity index (χ4n) is 1.78. The van der Waals surface area contributed by atoms with Gasteiger partial charge in [0.05, 0.1) is 5.69 Å². The first-order chi connectivity index (χ1) is 9.08. The van der Waals surface area contributed by atoms with Gasteiger partial charge >= 0.3 is 0 Å². The number of benzene rings is 1. The van der Waals surface area contributed by atoms with Crippen LogP contribution in [0, 0.1) is 18.6 Å². The second kappa shape index (κ2) is 5.84. The van der Waals surface area contributed by atoms with Crippen molar-refractivity contribution in [3.05, 3.63) is 59.2 Å². The van der Waals surface area contributed by atoms with Crippen LogP contribution in [0.25, 0.3) is 0 Å². The fraction of sp³-hybridized carbons (Fsp3) is 0.286. The molecule has 5 heteroatoms. The second-order valence-corrected chi connectivity index (χ2v) is 4.43. The van der Waals surface area contributed by atoms with Crippen LogP contribution < -0.4 is 5.32 Å². The zero-order chi connectivity index (χ0) is 13.8. The smallest absolute Gasteiger partial charge is 0.128 e. The molecule has 0 fully saturated rings. The summed E-state index contributed by atoms with van der Waals surface area (Å²) in [5, 5.41) is 3.11. The molecule has 0 amide bonds. The van der Waals surface area contributed by atoms with Gasteiger partial charge in [-0.15, -0.1) is 0 Å². The Morgan fingerprint density at radius 3 is 2.74 bits per heavy atom. The second-order valence-electron chi connectivity index (χ2n) is 4.43. The van der Waals surface area contributed by atoms with Gasteiger partial charge in [0.15, 0.2) is 0 Å². The Morgan fingerprint density at radius 2 is 2.05 bits per heavy atom. The van der Waals surface area contributed by atoms with Crippen molar-refractivity contribution in [3.8, 4) is 0 Å². The summed E-state index contributed by atoms with van der Waals surface area (Å²) in [5.74, 6) is -0.798. The maximum atomic E-state index is 13.8. The SMILES string of the molecule is Cc1cc(F)c(C(C)NCc2ccncn2)cc1F. The highest BCUT2D eigenvalue weighted by molar-refractivity contribution is 5.27.